The van der Waals surface area contributed by atoms with Crippen molar-refractivity contribution in [2.24, 2.45) is 0 Å². The standard InChI is InChI=1S/C22H18O/c1-2-6-18-17(5-1)21-13-11-15-9-10-16(23-15)12-14-22(18)20-8-4-3-7-19(20)21/h1-10H,11-14H2. The Kier molecular flexibility index (Phi) is 2.81. The molecule has 4 aromatic rings. The van der Waals surface area contributed by atoms with Gasteiger partial charge in [0.2, 0.25) is 0 Å². The van der Waals surface area contributed by atoms with Crippen molar-refractivity contribution in [3.63, 3.8) is 0 Å². The lowest BCUT2D eigenvalue weighted by Gasteiger charge is -2.16. The van der Waals surface area contributed by atoms with Crippen LogP contribution in [0.3, 0.4) is 0 Å². The van der Waals surface area contributed by atoms with Crippen LogP contribution in [0.25, 0.3) is 21.5 Å². The molecule has 0 spiro atoms. The summed E-state index contributed by atoms with van der Waals surface area (Å²) in [6.45, 7) is 0. The zero-order chi connectivity index (χ0) is 15.2. The van der Waals surface area contributed by atoms with Crippen molar-refractivity contribution in [1.82, 2.24) is 0 Å². The summed E-state index contributed by atoms with van der Waals surface area (Å²) in [7, 11) is 0. The van der Waals surface area contributed by atoms with E-state index in [9.17, 15) is 0 Å². The molecule has 2 aliphatic heterocycles. The summed E-state index contributed by atoms with van der Waals surface area (Å²) < 4.78 is 6.01. The minimum atomic E-state index is 0.966. The van der Waals surface area contributed by atoms with Crippen LogP contribution in [0.4, 0.5) is 0 Å². The SMILES string of the molecule is c1ccc2c3c4ccccc4c(c2c1)CCc1ccc(o1)CC3. The van der Waals surface area contributed by atoms with E-state index in [1.807, 2.05) is 0 Å². The van der Waals surface area contributed by atoms with Crippen LogP contribution in [0.5, 0.6) is 0 Å². The summed E-state index contributed by atoms with van der Waals surface area (Å²) in [6.07, 6.45) is 3.98. The molecule has 6 rings (SSSR count). The lowest BCUT2D eigenvalue weighted by molar-refractivity contribution is 0.464. The third-order valence-corrected chi connectivity index (χ3v) is 5.11. The first-order valence-electron chi connectivity index (χ1n) is 8.39. The maximum atomic E-state index is 6.01. The van der Waals surface area contributed by atoms with E-state index in [-0.39, 0.29) is 0 Å². The predicted octanol–water partition coefficient (Wildman–Crippen LogP) is 5.47. The maximum Gasteiger partial charge on any atom is 0.104 e. The Morgan fingerprint density at radius 1 is 0.478 bits per heavy atom. The van der Waals surface area contributed by atoms with Crippen LogP contribution >= 0.6 is 0 Å². The molecule has 0 saturated carbocycles. The molecule has 0 atom stereocenters. The normalized spacial score (nSPS) is 14.3. The number of rotatable bonds is 0. The number of aryl methyl sites for hydroxylation is 4. The van der Waals surface area contributed by atoms with Crippen molar-refractivity contribution in [1.29, 1.82) is 0 Å². The molecule has 112 valence electrons. The van der Waals surface area contributed by atoms with E-state index in [0.717, 1.165) is 37.2 Å². The van der Waals surface area contributed by atoms with Gasteiger partial charge < -0.3 is 4.42 Å². The smallest absolute Gasteiger partial charge is 0.104 e. The van der Waals surface area contributed by atoms with Crippen molar-refractivity contribution in [2.75, 3.05) is 0 Å². The highest BCUT2D eigenvalue weighted by Gasteiger charge is 2.16. The van der Waals surface area contributed by atoms with Crippen molar-refractivity contribution < 1.29 is 4.42 Å². The minimum Gasteiger partial charge on any atom is -0.466 e. The van der Waals surface area contributed by atoms with E-state index in [1.54, 1.807) is 0 Å². The predicted molar refractivity (Wildman–Crippen MR) is 95.0 cm³/mol. The molecule has 0 saturated heterocycles. The summed E-state index contributed by atoms with van der Waals surface area (Å²) in [5.74, 6) is 2.22. The number of hydrogen-bond acceptors (Lipinski definition) is 1. The molecule has 1 heteroatoms. The van der Waals surface area contributed by atoms with Gasteiger partial charge in [-0.3, -0.25) is 0 Å². The molecule has 1 nitrogen and oxygen atoms in total. The van der Waals surface area contributed by atoms with Gasteiger partial charge in [0.15, 0.2) is 0 Å². The molecule has 1 aromatic heterocycles. The summed E-state index contributed by atoms with van der Waals surface area (Å²) in [5.41, 5.74) is 2.92. The summed E-state index contributed by atoms with van der Waals surface area (Å²) in [5, 5.41) is 5.64. The Hall–Kier alpha value is -2.54. The first kappa shape index (κ1) is 13.0. The number of fused-ring (bicyclic) bond motifs is 2. The van der Waals surface area contributed by atoms with E-state index in [4.69, 9.17) is 4.42 Å². The third kappa shape index (κ3) is 2.00. The molecule has 0 N–H and O–H groups in total. The van der Waals surface area contributed by atoms with Crippen LogP contribution in [0, 0.1) is 0 Å². The van der Waals surface area contributed by atoms with Crippen molar-refractivity contribution in [3.05, 3.63) is 83.3 Å². The Balaban J connectivity index is 1.90. The van der Waals surface area contributed by atoms with Gasteiger partial charge in [-0.25, -0.2) is 0 Å². The fourth-order valence-electron chi connectivity index (χ4n) is 4.04. The van der Waals surface area contributed by atoms with Gasteiger partial charge in [0.25, 0.3) is 0 Å². The highest BCUT2D eigenvalue weighted by molar-refractivity contribution is 6.05. The molecule has 3 aromatic carbocycles. The molecule has 0 unspecified atom stereocenters. The zero-order valence-corrected chi connectivity index (χ0v) is 13.0. The maximum absolute atomic E-state index is 6.01. The Labute approximate surface area is 135 Å². The first-order valence-corrected chi connectivity index (χ1v) is 8.39. The van der Waals surface area contributed by atoms with Crippen LogP contribution < -0.4 is 0 Å². The number of benzene rings is 3. The van der Waals surface area contributed by atoms with Gasteiger partial charge in [0, 0.05) is 12.8 Å². The highest BCUT2D eigenvalue weighted by atomic mass is 16.3. The van der Waals surface area contributed by atoms with Crippen LogP contribution in [-0.4, -0.2) is 0 Å². The van der Waals surface area contributed by atoms with E-state index in [2.05, 4.69) is 60.7 Å². The molecule has 3 heterocycles. The van der Waals surface area contributed by atoms with Crippen LogP contribution in [0.2, 0.25) is 0 Å². The van der Waals surface area contributed by atoms with E-state index in [1.165, 1.54) is 32.7 Å². The van der Waals surface area contributed by atoms with E-state index < -0.39 is 0 Å². The van der Waals surface area contributed by atoms with Crippen molar-refractivity contribution >= 4 is 21.5 Å². The van der Waals surface area contributed by atoms with Crippen LogP contribution in [0.15, 0.2) is 65.1 Å². The first-order chi connectivity index (χ1) is 11.4. The largest absolute Gasteiger partial charge is 0.466 e. The number of hydrogen-bond donors (Lipinski definition) is 0. The molecule has 23 heavy (non-hydrogen) atoms. The van der Waals surface area contributed by atoms with Gasteiger partial charge >= 0.3 is 0 Å². The molecule has 4 bridgehead atoms. The molecular weight excluding hydrogens is 280 g/mol. The molecule has 0 aliphatic carbocycles. The number of furan rings is 1. The second kappa shape index (κ2) is 4.99. The quantitative estimate of drug-likeness (QED) is 0.392. The lowest BCUT2D eigenvalue weighted by atomic mass is 9.88. The molecule has 0 radical (unpaired) electrons. The third-order valence-electron chi connectivity index (χ3n) is 5.11. The van der Waals surface area contributed by atoms with Gasteiger partial charge in [-0.2, -0.15) is 0 Å². The van der Waals surface area contributed by atoms with Gasteiger partial charge in [0.1, 0.15) is 11.5 Å². The Morgan fingerprint density at radius 3 is 1.26 bits per heavy atom. The van der Waals surface area contributed by atoms with E-state index >= 15 is 0 Å². The average Bonchev–Trinajstić information content (AvgIpc) is 3.03. The Bertz CT molecular complexity index is 885. The molecular formula is C22H18O. The van der Waals surface area contributed by atoms with Crippen molar-refractivity contribution in [2.45, 2.75) is 25.7 Å². The molecule has 0 fully saturated rings. The van der Waals surface area contributed by atoms with Crippen LogP contribution in [-0.2, 0) is 25.7 Å². The minimum absolute atomic E-state index is 0.966. The lowest BCUT2D eigenvalue weighted by Crippen LogP contribution is -1.98. The topological polar surface area (TPSA) is 13.1 Å². The molecule has 0 amide bonds. The van der Waals surface area contributed by atoms with Gasteiger partial charge in [-0.1, -0.05) is 48.5 Å². The van der Waals surface area contributed by atoms with Gasteiger partial charge in [-0.15, -0.1) is 0 Å². The van der Waals surface area contributed by atoms with Gasteiger partial charge in [-0.05, 0) is 57.6 Å². The molecule has 2 aliphatic rings. The fourth-order valence-corrected chi connectivity index (χ4v) is 4.04. The second-order valence-corrected chi connectivity index (χ2v) is 6.42. The summed E-state index contributed by atoms with van der Waals surface area (Å²) in [4.78, 5) is 0. The van der Waals surface area contributed by atoms with E-state index in [0.29, 0.717) is 0 Å². The summed E-state index contributed by atoms with van der Waals surface area (Å²) >= 11 is 0. The zero-order valence-electron chi connectivity index (χ0n) is 13.0. The highest BCUT2D eigenvalue weighted by Crippen LogP contribution is 2.35. The van der Waals surface area contributed by atoms with Gasteiger partial charge in [0.05, 0.1) is 0 Å². The van der Waals surface area contributed by atoms with Crippen molar-refractivity contribution in [3.8, 4) is 0 Å². The van der Waals surface area contributed by atoms with Crippen LogP contribution in [0.1, 0.15) is 22.6 Å². The second-order valence-electron chi connectivity index (χ2n) is 6.42. The monoisotopic (exact) mass is 298 g/mol. The Morgan fingerprint density at radius 2 is 0.870 bits per heavy atom. The average molecular weight is 298 g/mol. The fraction of sp³-hybridized carbons (Fsp3) is 0.182. The summed E-state index contributed by atoms with van der Waals surface area (Å²) in [6, 6.07) is 22.1.